The Labute approximate surface area is 244 Å². The lowest BCUT2D eigenvalue weighted by molar-refractivity contribution is -0.141. The fourth-order valence-electron chi connectivity index (χ4n) is 9.67. The number of rotatable bonds is 7. The summed E-state index contributed by atoms with van der Waals surface area (Å²) in [4.78, 5) is 31.5. The summed E-state index contributed by atoms with van der Waals surface area (Å²) in [7, 11) is -3.37. The van der Waals surface area contributed by atoms with Crippen LogP contribution in [0.3, 0.4) is 0 Å². The van der Waals surface area contributed by atoms with Crippen molar-refractivity contribution in [3.05, 3.63) is 48.0 Å². The van der Waals surface area contributed by atoms with Gasteiger partial charge in [-0.1, -0.05) is 55.8 Å². The zero-order chi connectivity index (χ0) is 28.5. The number of imide groups is 1. The van der Waals surface area contributed by atoms with Crippen LogP contribution in [-0.4, -0.2) is 68.5 Å². The molecule has 1 N–H and O–H groups in total. The van der Waals surface area contributed by atoms with E-state index in [1.807, 2.05) is 6.92 Å². The maximum atomic E-state index is 13.7. The lowest BCUT2D eigenvalue weighted by atomic mass is 9.73. The van der Waals surface area contributed by atoms with E-state index < -0.39 is 10.0 Å². The third kappa shape index (κ3) is 4.84. The molecule has 2 heterocycles. The number of carbonyl (C=O) groups is 2. The van der Waals surface area contributed by atoms with Crippen LogP contribution in [0.4, 0.5) is 0 Å². The van der Waals surface area contributed by atoms with E-state index in [4.69, 9.17) is 0 Å². The van der Waals surface area contributed by atoms with E-state index in [1.54, 1.807) is 4.90 Å². The van der Waals surface area contributed by atoms with Gasteiger partial charge in [0.15, 0.2) is 0 Å². The zero-order valence-corrected chi connectivity index (χ0v) is 25.1. The average molecular weight is 578 g/mol. The van der Waals surface area contributed by atoms with Crippen LogP contribution in [0.1, 0.15) is 56.9 Å². The first kappa shape index (κ1) is 27.5. The minimum absolute atomic E-state index is 0.0127. The highest BCUT2D eigenvalue weighted by Gasteiger charge is 2.66. The molecule has 2 aliphatic heterocycles. The molecule has 0 spiro atoms. The molecule has 0 aromatic heterocycles. The maximum Gasteiger partial charge on any atom is 0.233 e. The summed E-state index contributed by atoms with van der Waals surface area (Å²) in [6.45, 7) is 5.83. The molecule has 7 nitrogen and oxygen atoms in total. The van der Waals surface area contributed by atoms with Crippen molar-refractivity contribution in [3.8, 4) is 0 Å². The maximum absolute atomic E-state index is 13.7. The van der Waals surface area contributed by atoms with Gasteiger partial charge in [0.05, 0.1) is 18.1 Å². The number of carbonyl (C=O) groups excluding carboxylic acids is 2. The van der Waals surface area contributed by atoms with E-state index in [0.717, 1.165) is 38.9 Å². The van der Waals surface area contributed by atoms with E-state index in [2.05, 4.69) is 52.1 Å². The second kappa shape index (κ2) is 10.5. The Morgan fingerprint density at radius 1 is 0.854 bits per heavy atom. The number of amides is 2. The number of sulfonamides is 1. The molecule has 8 atom stereocenters. The molecule has 2 amide bonds. The SMILES string of the molecule is CC1C2CC(C1NS(C)(=O)=O)C1C(=O)N(C[C@H]3CCC[C@@H]3CN3CCC(c4cccc5ccccc45)CC3)C(=O)C21. The number of piperidine rings is 1. The molecule has 3 saturated carbocycles. The summed E-state index contributed by atoms with van der Waals surface area (Å²) in [5.41, 5.74) is 1.48. The highest BCUT2D eigenvalue weighted by Crippen LogP contribution is 2.59. The number of benzene rings is 2. The van der Waals surface area contributed by atoms with Crippen molar-refractivity contribution >= 4 is 32.6 Å². The van der Waals surface area contributed by atoms with Crippen LogP contribution < -0.4 is 4.72 Å². The van der Waals surface area contributed by atoms with Crippen molar-refractivity contribution in [2.75, 3.05) is 32.4 Å². The van der Waals surface area contributed by atoms with E-state index in [9.17, 15) is 18.0 Å². The highest BCUT2D eigenvalue weighted by atomic mass is 32.2. The highest BCUT2D eigenvalue weighted by molar-refractivity contribution is 7.88. The molecule has 41 heavy (non-hydrogen) atoms. The predicted molar refractivity (Wildman–Crippen MR) is 159 cm³/mol. The predicted octanol–water partition coefficient (Wildman–Crippen LogP) is 4.24. The number of nitrogens with zero attached hydrogens (tertiary/aromatic N) is 2. The smallest absolute Gasteiger partial charge is 0.233 e. The van der Waals surface area contributed by atoms with Crippen LogP contribution in [0, 0.1) is 41.4 Å². The Morgan fingerprint density at radius 3 is 2.24 bits per heavy atom. The number of likely N-dealkylation sites (tertiary alicyclic amines) is 2. The Balaban J connectivity index is 0.980. The van der Waals surface area contributed by atoms with Crippen LogP contribution in [0.2, 0.25) is 0 Å². The molecule has 2 bridgehead atoms. The molecular formula is C33H43N3O4S. The first-order valence-corrected chi connectivity index (χ1v) is 17.6. The molecule has 5 fully saturated rings. The second-order valence-corrected chi connectivity index (χ2v) is 15.6. The first-order valence-electron chi connectivity index (χ1n) is 15.7. The van der Waals surface area contributed by atoms with Crippen LogP contribution >= 0.6 is 0 Å². The van der Waals surface area contributed by atoms with Gasteiger partial charge in [-0.25, -0.2) is 13.1 Å². The van der Waals surface area contributed by atoms with Gasteiger partial charge in [-0.2, -0.15) is 0 Å². The van der Waals surface area contributed by atoms with Crippen molar-refractivity contribution in [1.29, 1.82) is 0 Å². The Bertz CT molecular complexity index is 1450. The minimum Gasteiger partial charge on any atom is -0.303 e. The third-order valence-corrected chi connectivity index (χ3v) is 12.3. The van der Waals surface area contributed by atoms with Gasteiger partial charge in [-0.15, -0.1) is 0 Å². The Hall–Kier alpha value is -2.29. The Kier molecular flexibility index (Phi) is 7.02. The van der Waals surface area contributed by atoms with Crippen molar-refractivity contribution < 1.29 is 18.0 Å². The average Bonchev–Trinajstić information content (AvgIpc) is 3.69. The van der Waals surface area contributed by atoms with Gasteiger partial charge in [-0.05, 0) is 97.0 Å². The summed E-state index contributed by atoms with van der Waals surface area (Å²) in [5.74, 6) is 0.923. The number of nitrogens with one attached hydrogen (secondary N) is 1. The first-order chi connectivity index (χ1) is 19.7. The molecule has 3 aliphatic carbocycles. The van der Waals surface area contributed by atoms with Gasteiger partial charge in [0.25, 0.3) is 0 Å². The monoisotopic (exact) mass is 577 g/mol. The molecule has 6 unspecified atom stereocenters. The van der Waals surface area contributed by atoms with Crippen LogP contribution in [0.25, 0.3) is 10.8 Å². The van der Waals surface area contributed by atoms with E-state index in [1.165, 1.54) is 41.9 Å². The third-order valence-electron chi connectivity index (χ3n) is 11.6. The Morgan fingerprint density at radius 2 is 1.51 bits per heavy atom. The molecule has 2 aromatic rings. The van der Waals surface area contributed by atoms with Crippen molar-refractivity contribution in [2.24, 2.45) is 41.4 Å². The normalized spacial score (nSPS) is 36.1. The number of fused-ring (bicyclic) bond motifs is 6. The fraction of sp³-hybridized carbons (Fsp3) is 0.636. The molecule has 8 heteroatoms. The van der Waals surface area contributed by atoms with Crippen LogP contribution in [-0.2, 0) is 19.6 Å². The van der Waals surface area contributed by atoms with Gasteiger partial charge >= 0.3 is 0 Å². The summed E-state index contributed by atoms with van der Waals surface area (Å²) in [6.07, 6.45) is 7.69. The number of hydrogen-bond acceptors (Lipinski definition) is 5. The lowest BCUT2D eigenvalue weighted by Gasteiger charge is -2.36. The standard InChI is InChI=1S/C33H43N3O4S/c1-20-27-17-28(31(20)34-41(2,39)40)30-29(27)32(37)36(33(30)38)19-24-10-5-9-23(24)18-35-15-13-22(14-16-35)26-12-6-8-21-7-3-4-11-25(21)26/h3-4,6-8,11-12,20,22-24,27-31,34H,5,9-10,13-19H2,1-2H3/t20?,23-,24-,27?,28?,29?,30?,31?/m1/s1. The minimum atomic E-state index is -3.37. The molecule has 5 aliphatic rings. The molecular weight excluding hydrogens is 534 g/mol. The summed E-state index contributed by atoms with van der Waals surface area (Å²) < 4.78 is 26.8. The lowest BCUT2D eigenvalue weighted by Crippen LogP contribution is -2.48. The topological polar surface area (TPSA) is 86.8 Å². The molecule has 0 radical (unpaired) electrons. The largest absolute Gasteiger partial charge is 0.303 e. The molecule has 220 valence electrons. The van der Waals surface area contributed by atoms with E-state index >= 15 is 0 Å². The second-order valence-electron chi connectivity index (χ2n) is 13.8. The summed E-state index contributed by atoms with van der Waals surface area (Å²) in [6, 6.07) is 15.2. The van der Waals surface area contributed by atoms with E-state index in [0.29, 0.717) is 24.3 Å². The van der Waals surface area contributed by atoms with Crippen LogP contribution in [0.15, 0.2) is 42.5 Å². The van der Waals surface area contributed by atoms with Gasteiger partial charge in [0, 0.05) is 19.1 Å². The number of hydrogen-bond donors (Lipinski definition) is 1. The zero-order valence-electron chi connectivity index (χ0n) is 24.2. The van der Waals surface area contributed by atoms with E-state index in [-0.39, 0.29) is 47.4 Å². The molecule has 2 aromatic carbocycles. The summed E-state index contributed by atoms with van der Waals surface area (Å²) in [5, 5.41) is 2.70. The van der Waals surface area contributed by atoms with Gasteiger partial charge < -0.3 is 4.90 Å². The van der Waals surface area contributed by atoms with Crippen molar-refractivity contribution in [1.82, 2.24) is 14.5 Å². The van der Waals surface area contributed by atoms with Gasteiger partial charge in [0.2, 0.25) is 21.8 Å². The van der Waals surface area contributed by atoms with Gasteiger partial charge in [-0.3, -0.25) is 14.5 Å². The fourth-order valence-corrected chi connectivity index (χ4v) is 10.5. The van der Waals surface area contributed by atoms with Crippen molar-refractivity contribution in [2.45, 2.75) is 57.4 Å². The summed E-state index contributed by atoms with van der Waals surface area (Å²) >= 11 is 0. The van der Waals surface area contributed by atoms with Gasteiger partial charge in [0.1, 0.15) is 0 Å². The quantitative estimate of drug-likeness (QED) is 0.498. The molecule has 7 rings (SSSR count). The molecule has 2 saturated heterocycles. The van der Waals surface area contributed by atoms with Crippen molar-refractivity contribution in [3.63, 3.8) is 0 Å². The van der Waals surface area contributed by atoms with Crippen LogP contribution in [0.5, 0.6) is 0 Å².